The van der Waals surface area contributed by atoms with E-state index >= 15 is 0 Å². The molecule has 4 amide bonds. The maximum Gasteiger partial charge on any atom is 0.408 e. The molecule has 0 bridgehead atoms. The molecule has 3 N–H and O–H groups in total. The molecule has 0 saturated carbocycles. The number of benzene rings is 1. The zero-order valence-corrected chi connectivity index (χ0v) is 27.6. The molecular weight excluding hydrogens is 632 g/mol. The highest BCUT2D eigenvalue weighted by molar-refractivity contribution is 6.44. The Bertz CT molecular complexity index is 1690. The normalized spacial score (nSPS) is 18.7. The smallest absolute Gasteiger partial charge is 0.408 e. The van der Waals surface area contributed by atoms with Crippen LogP contribution >= 0.6 is 0 Å². The number of likely N-dealkylation sites (tertiary alicyclic amines) is 1. The fourth-order valence-electron chi connectivity index (χ4n) is 5.94. The quantitative estimate of drug-likeness (QED) is 0.191. The number of Topliss-reactive ketones (excluding diaryl/α,β-unsaturated/α-hetero) is 2. The lowest BCUT2D eigenvalue weighted by atomic mass is 9.85. The third-order valence-electron chi connectivity index (χ3n) is 8.60. The summed E-state index contributed by atoms with van der Waals surface area (Å²) in [6, 6.07) is 8.96. The highest BCUT2D eigenvalue weighted by Crippen LogP contribution is 2.27. The third-order valence-corrected chi connectivity index (χ3v) is 8.60. The number of amides is 4. The number of hydrogen-bond acceptors (Lipinski definition) is 10. The van der Waals surface area contributed by atoms with Gasteiger partial charge in [-0.1, -0.05) is 57.2 Å². The number of hydrogen-bond donors (Lipinski definition) is 3. The number of ketones is 2. The van der Waals surface area contributed by atoms with Gasteiger partial charge < -0.3 is 30.0 Å². The minimum absolute atomic E-state index is 0.0479. The Kier molecular flexibility index (Phi) is 10.8. The Labute approximate surface area is 283 Å². The van der Waals surface area contributed by atoms with E-state index < -0.39 is 64.8 Å². The summed E-state index contributed by atoms with van der Waals surface area (Å²) in [5, 5.41) is 8.03. The van der Waals surface area contributed by atoms with Crippen LogP contribution in [0.3, 0.4) is 0 Å². The fourth-order valence-corrected chi connectivity index (χ4v) is 5.94. The fraction of sp³-hybridized carbons (Fsp3) is 0.429. The number of carbonyl (C=O) groups excluding carboxylic acids is 6. The van der Waals surface area contributed by atoms with E-state index in [1.54, 1.807) is 69.6 Å². The third kappa shape index (κ3) is 8.55. The van der Waals surface area contributed by atoms with Crippen molar-refractivity contribution in [2.45, 2.75) is 71.2 Å². The monoisotopic (exact) mass is 672 g/mol. The Balaban J connectivity index is 1.30. The lowest BCUT2D eigenvalue weighted by Gasteiger charge is -2.35. The van der Waals surface area contributed by atoms with Gasteiger partial charge in [0.1, 0.15) is 18.7 Å². The largest absolute Gasteiger partial charge is 0.445 e. The van der Waals surface area contributed by atoms with Gasteiger partial charge in [-0.05, 0) is 37.2 Å². The number of rotatable bonds is 12. The molecular formula is C35H40N6O8. The van der Waals surface area contributed by atoms with E-state index in [-0.39, 0.29) is 31.2 Å². The van der Waals surface area contributed by atoms with Crippen molar-refractivity contribution in [3.63, 3.8) is 0 Å². The minimum Gasteiger partial charge on any atom is -0.445 e. The number of pyridine rings is 1. The topological polar surface area (TPSA) is 190 Å². The molecule has 4 heterocycles. The van der Waals surface area contributed by atoms with Crippen LogP contribution in [0.15, 0.2) is 65.5 Å². The van der Waals surface area contributed by atoms with Crippen LogP contribution in [0.2, 0.25) is 0 Å². The van der Waals surface area contributed by atoms with Crippen molar-refractivity contribution in [1.29, 1.82) is 0 Å². The molecule has 0 radical (unpaired) electrons. The molecule has 3 unspecified atom stereocenters. The second kappa shape index (κ2) is 15.2. The number of alkyl carbamates (subject to hydrolysis) is 1. The molecule has 4 atom stereocenters. The van der Waals surface area contributed by atoms with Crippen molar-refractivity contribution >= 4 is 35.4 Å². The van der Waals surface area contributed by atoms with Gasteiger partial charge >= 0.3 is 6.09 Å². The molecule has 2 aromatic heterocycles. The van der Waals surface area contributed by atoms with E-state index in [2.05, 4.69) is 25.9 Å². The number of carbonyl (C=O) groups is 6. The zero-order chi connectivity index (χ0) is 35.1. The van der Waals surface area contributed by atoms with Crippen molar-refractivity contribution in [2.24, 2.45) is 11.3 Å². The number of ether oxygens (including phenoxy) is 1. The summed E-state index contributed by atoms with van der Waals surface area (Å²) in [5.41, 5.74) is 0.568. The van der Waals surface area contributed by atoms with E-state index in [0.717, 1.165) is 0 Å². The Morgan fingerprint density at radius 3 is 2.49 bits per heavy atom. The van der Waals surface area contributed by atoms with Crippen molar-refractivity contribution in [1.82, 2.24) is 30.8 Å². The van der Waals surface area contributed by atoms with Gasteiger partial charge in [-0.25, -0.2) is 9.78 Å². The lowest BCUT2D eigenvalue weighted by Crippen LogP contribution is -2.59. The van der Waals surface area contributed by atoms with Crippen molar-refractivity contribution in [3.8, 4) is 11.3 Å². The standard InChI is InChI=1S/C35H40N6O8/c1-35(2,3)29(40-34(47)48-20-21-9-7-14-36-18-21)33(46)41-16-8-12-25(41)31(45)39-24(17-23-13-15-37-30(23)44)27(42)28(43)32-38-19-26(49-32)22-10-5-4-6-11-22/h4-7,9-11,14,18-19,23-25,29H,8,12-13,15-17,20H2,1-3H3,(H,37,44)(H,39,45)(H,40,47)/t23?,24?,25?,29-/m1/s1. The minimum atomic E-state index is -1.38. The second-order valence-electron chi connectivity index (χ2n) is 13.2. The highest BCUT2D eigenvalue weighted by atomic mass is 16.5. The van der Waals surface area contributed by atoms with E-state index in [9.17, 15) is 28.8 Å². The van der Waals surface area contributed by atoms with E-state index in [4.69, 9.17) is 9.15 Å². The van der Waals surface area contributed by atoms with E-state index in [1.165, 1.54) is 11.1 Å². The van der Waals surface area contributed by atoms with Crippen LogP contribution in [0.5, 0.6) is 0 Å². The predicted molar refractivity (Wildman–Crippen MR) is 174 cm³/mol. The first kappa shape index (κ1) is 34.9. The Morgan fingerprint density at radius 2 is 1.82 bits per heavy atom. The molecule has 2 aliphatic heterocycles. The van der Waals surface area contributed by atoms with Crippen LogP contribution in [0.4, 0.5) is 4.79 Å². The van der Waals surface area contributed by atoms with Gasteiger partial charge in [0.2, 0.25) is 23.5 Å². The summed E-state index contributed by atoms with van der Waals surface area (Å²) >= 11 is 0. The molecule has 14 nitrogen and oxygen atoms in total. The average molecular weight is 673 g/mol. The van der Waals surface area contributed by atoms with Crippen LogP contribution in [-0.4, -0.2) is 81.5 Å². The summed E-state index contributed by atoms with van der Waals surface area (Å²) in [7, 11) is 0. The summed E-state index contributed by atoms with van der Waals surface area (Å²) < 4.78 is 10.9. The summed E-state index contributed by atoms with van der Waals surface area (Å²) in [4.78, 5) is 89.3. The van der Waals surface area contributed by atoms with E-state index in [0.29, 0.717) is 36.9 Å². The van der Waals surface area contributed by atoms with Crippen LogP contribution < -0.4 is 16.0 Å². The maximum absolute atomic E-state index is 13.9. The second-order valence-corrected chi connectivity index (χ2v) is 13.2. The number of nitrogens with one attached hydrogen (secondary N) is 3. The van der Waals surface area contributed by atoms with E-state index in [1.807, 2.05) is 6.07 Å². The molecule has 2 saturated heterocycles. The van der Waals surface area contributed by atoms with Gasteiger partial charge in [0.15, 0.2) is 5.76 Å². The van der Waals surface area contributed by atoms with Gasteiger partial charge in [0.05, 0.1) is 12.2 Å². The van der Waals surface area contributed by atoms with Gasteiger partial charge in [-0.3, -0.25) is 29.0 Å². The molecule has 0 spiro atoms. The average Bonchev–Trinajstić information content (AvgIpc) is 3.87. The molecule has 5 rings (SSSR count). The Hall–Kier alpha value is -5.40. The van der Waals surface area contributed by atoms with Gasteiger partial charge in [0, 0.05) is 42.5 Å². The van der Waals surface area contributed by atoms with Crippen LogP contribution in [0.1, 0.15) is 62.7 Å². The first-order valence-corrected chi connectivity index (χ1v) is 16.2. The molecule has 3 aromatic rings. The van der Waals surface area contributed by atoms with Crippen LogP contribution in [0.25, 0.3) is 11.3 Å². The Morgan fingerprint density at radius 1 is 1.04 bits per heavy atom. The van der Waals surface area contributed by atoms with Crippen LogP contribution in [0, 0.1) is 11.3 Å². The number of nitrogens with zero attached hydrogens (tertiary/aromatic N) is 3. The molecule has 49 heavy (non-hydrogen) atoms. The highest BCUT2D eigenvalue weighted by Gasteiger charge is 2.44. The van der Waals surface area contributed by atoms with Gasteiger partial charge in [-0.2, -0.15) is 0 Å². The predicted octanol–water partition coefficient (Wildman–Crippen LogP) is 2.83. The molecule has 14 heteroatoms. The molecule has 2 aliphatic rings. The first-order valence-electron chi connectivity index (χ1n) is 16.2. The maximum atomic E-state index is 13.9. The summed E-state index contributed by atoms with van der Waals surface area (Å²) in [5.74, 6) is -4.23. The van der Waals surface area contributed by atoms with Crippen molar-refractivity contribution in [2.75, 3.05) is 13.1 Å². The van der Waals surface area contributed by atoms with Gasteiger partial charge in [-0.15, -0.1) is 0 Å². The van der Waals surface area contributed by atoms with Crippen molar-refractivity contribution < 1.29 is 37.9 Å². The van der Waals surface area contributed by atoms with Crippen molar-refractivity contribution in [3.05, 3.63) is 72.5 Å². The molecule has 1 aromatic carbocycles. The SMILES string of the molecule is CC(C)(C)[C@H](NC(=O)OCc1cccnc1)C(=O)N1CCCC1C(=O)NC(CC1CCNC1=O)C(=O)C(=O)c1ncc(-c2ccccc2)o1. The number of aromatic nitrogens is 2. The molecule has 0 aliphatic carbocycles. The lowest BCUT2D eigenvalue weighted by molar-refractivity contribution is -0.142. The zero-order valence-electron chi connectivity index (χ0n) is 27.6. The first-order chi connectivity index (χ1) is 23.4. The molecule has 258 valence electrons. The summed E-state index contributed by atoms with van der Waals surface area (Å²) in [6.45, 7) is 5.93. The molecule has 2 fully saturated rings. The van der Waals surface area contributed by atoms with Crippen LogP contribution in [-0.2, 0) is 30.5 Å². The summed E-state index contributed by atoms with van der Waals surface area (Å²) in [6.07, 6.45) is 4.78. The number of oxazole rings is 1. The van der Waals surface area contributed by atoms with Gasteiger partial charge in [0.25, 0.3) is 11.7 Å².